The Hall–Kier alpha value is -3.04. The van der Waals surface area contributed by atoms with Gasteiger partial charge in [0.15, 0.2) is 0 Å². The predicted molar refractivity (Wildman–Crippen MR) is 109 cm³/mol. The Bertz CT molecular complexity index is 932. The molecule has 0 aliphatic carbocycles. The molecule has 3 aromatic rings. The van der Waals surface area contributed by atoms with Crippen molar-refractivity contribution in [2.75, 3.05) is 39.2 Å². The van der Waals surface area contributed by atoms with Crippen LogP contribution >= 0.6 is 0 Å². The fourth-order valence-corrected chi connectivity index (χ4v) is 3.61. The summed E-state index contributed by atoms with van der Waals surface area (Å²) in [6.07, 6.45) is 5.84. The predicted octanol–water partition coefficient (Wildman–Crippen LogP) is 2.00. The molecule has 9 nitrogen and oxygen atoms in total. The molecule has 2 aromatic heterocycles. The minimum Gasteiger partial charge on any atom is -0.439 e. The van der Waals surface area contributed by atoms with Gasteiger partial charge in [0, 0.05) is 38.4 Å². The van der Waals surface area contributed by atoms with Crippen LogP contribution in [0.4, 0.5) is 5.82 Å². The van der Waals surface area contributed by atoms with Gasteiger partial charge in [0.2, 0.25) is 5.88 Å². The van der Waals surface area contributed by atoms with Crippen molar-refractivity contribution >= 4 is 5.82 Å². The van der Waals surface area contributed by atoms with Crippen molar-refractivity contribution < 1.29 is 9.47 Å². The third-order valence-electron chi connectivity index (χ3n) is 4.93. The second-order valence-electron chi connectivity index (χ2n) is 7.32. The van der Waals surface area contributed by atoms with E-state index in [1.165, 1.54) is 6.33 Å². The molecule has 0 saturated carbocycles. The molecule has 4 rings (SSSR count). The maximum absolute atomic E-state index is 6.01. The Morgan fingerprint density at radius 1 is 1.17 bits per heavy atom. The van der Waals surface area contributed by atoms with Crippen molar-refractivity contribution in [2.45, 2.75) is 18.6 Å². The fraction of sp³-hybridized carbons (Fsp3) is 0.400. The summed E-state index contributed by atoms with van der Waals surface area (Å²) in [5.74, 6) is 2.01. The Labute approximate surface area is 169 Å². The first-order valence-corrected chi connectivity index (χ1v) is 9.51. The third-order valence-corrected chi connectivity index (χ3v) is 4.93. The van der Waals surface area contributed by atoms with Crippen molar-refractivity contribution in [3.8, 4) is 17.3 Å². The van der Waals surface area contributed by atoms with Gasteiger partial charge in [-0.15, -0.1) is 0 Å². The zero-order valence-electron chi connectivity index (χ0n) is 16.8. The number of ether oxygens (including phenoxy) is 2. The van der Waals surface area contributed by atoms with Gasteiger partial charge in [-0.3, -0.25) is 0 Å². The van der Waals surface area contributed by atoms with Crippen LogP contribution in [0, 0.1) is 0 Å². The summed E-state index contributed by atoms with van der Waals surface area (Å²) in [5, 5.41) is 4.15. The van der Waals surface area contributed by atoms with Crippen molar-refractivity contribution in [1.82, 2.24) is 29.6 Å². The number of methoxy groups -OCH3 is 1. The summed E-state index contributed by atoms with van der Waals surface area (Å²) >= 11 is 0. The van der Waals surface area contributed by atoms with Crippen LogP contribution < -0.4 is 9.64 Å². The minimum atomic E-state index is 0.193. The summed E-state index contributed by atoms with van der Waals surface area (Å²) in [7, 11) is 5.92. The lowest BCUT2D eigenvalue weighted by Gasteiger charge is -2.27. The van der Waals surface area contributed by atoms with E-state index in [9.17, 15) is 0 Å². The molecule has 1 saturated heterocycles. The maximum Gasteiger partial charge on any atom is 0.224 e. The SMILES string of the molecule is CO[C@H]1C[C@@H](CN(C)C)N(c2cc(Oc3cccc(-n4cncn4)c3)ncn2)C1. The Balaban J connectivity index is 1.54. The molecule has 2 atom stereocenters. The molecule has 1 aliphatic heterocycles. The first-order valence-electron chi connectivity index (χ1n) is 9.51. The molecule has 0 N–H and O–H groups in total. The molecular formula is C20H25N7O2. The van der Waals surface area contributed by atoms with Crippen molar-refractivity contribution in [2.24, 2.45) is 0 Å². The summed E-state index contributed by atoms with van der Waals surface area (Å²) in [6.45, 7) is 1.73. The zero-order chi connectivity index (χ0) is 20.2. The number of rotatable bonds is 7. The normalized spacial score (nSPS) is 19.1. The van der Waals surface area contributed by atoms with Gasteiger partial charge < -0.3 is 19.3 Å². The highest BCUT2D eigenvalue weighted by atomic mass is 16.5. The van der Waals surface area contributed by atoms with E-state index >= 15 is 0 Å². The molecule has 9 heteroatoms. The smallest absolute Gasteiger partial charge is 0.224 e. The molecule has 0 radical (unpaired) electrons. The van der Waals surface area contributed by atoms with E-state index in [0.717, 1.165) is 31.0 Å². The van der Waals surface area contributed by atoms with Crippen LogP contribution in [-0.2, 0) is 4.74 Å². The van der Waals surface area contributed by atoms with Crippen LogP contribution in [0.15, 0.2) is 49.3 Å². The van der Waals surface area contributed by atoms with Crippen LogP contribution in [0.25, 0.3) is 5.69 Å². The lowest BCUT2D eigenvalue weighted by Crippen LogP contribution is -2.38. The van der Waals surface area contributed by atoms with Crippen LogP contribution in [0.3, 0.4) is 0 Å². The molecule has 3 heterocycles. The molecule has 1 fully saturated rings. The molecular weight excluding hydrogens is 370 g/mol. The Morgan fingerprint density at radius 2 is 2.07 bits per heavy atom. The molecule has 152 valence electrons. The van der Waals surface area contributed by atoms with Crippen molar-refractivity contribution in [3.63, 3.8) is 0 Å². The van der Waals surface area contributed by atoms with E-state index < -0.39 is 0 Å². The number of benzene rings is 1. The summed E-state index contributed by atoms with van der Waals surface area (Å²) < 4.78 is 13.3. The van der Waals surface area contributed by atoms with Gasteiger partial charge in [-0.25, -0.2) is 19.6 Å². The molecule has 1 aromatic carbocycles. The van der Waals surface area contributed by atoms with E-state index in [4.69, 9.17) is 9.47 Å². The second kappa shape index (κ2) is 8.54. The highest BCUT2D eigenvalue weighted by Gasteiger charge is 2.33. The largest absolute Gasteiger partial charge is 0.439 e. The van der Waals surface area contributed by atoms with Gasteiger partial charge in [0.25, 0.3) is 0 Å². The highest BCUT2D eigenvalue weighted by molar-refractivity contribution is 5.46. The lowest BCUT2D eigenvalue weighted by atomic mass is 10.2. The van der Waals surface area contributed by atoms with Crippen LogP contribution in [0.5, 0.6) is 11.6 Å². The third kappa shape index (κ3) is 4.52. The number of likely N-dealkylation sites (N-methyl/N-ethyl adjacent to an activating group) is 1. The quantitative estimate of drug-likeness (QED) is 0.601. The first-order chi connectivity index (χ1) is 14.1. The second-order valence-corrected chi connectivity index (χ2v) is 7.32. The Kier molecular flexibility index (Phi) is 5.68. The number of anilines is 1. The van der Waals surface area contributed by atoms with Gasteiger partial charge in [-0.05, 0) is 32.6 Å². The number of hydrogen-bond acceptors (Lipinski definition) is 8. The molecule has 29 heavy (non-hydrogen) atoms. The molecule has 0 bridgehead atoms. The zero-order valence-corrected chi connectivity index (χ0v) is 16.8. The average Bonchev–Trinajstić information content (AvgIpc) is 3.38. The molecule has 0 unspecified atom stereocenters. The summed E-state index contributed by atoms with van der Waals surface area (Å²) in [4.78, 5) is 17.2. The van der Waals surface area contributed by atoms with Gasteiger partial charge in [-0.1, -0.05) is 6.07 Å². The lowest BCUT2D eigenvalue weighted by molar-refractivity contribution is 0.117. The van der Waals surface area contributed by atoms with E-state index in [0.29, 0.717) is 17.7 Å². The number of aromatic nitrogens is 5. The Morgan fingerprint density at radius 3 is 2.83 bits per heavy atom. The molecule has 0 spiro atoms. The topological polar surface area (TPSA) is 81.4 Å². The van der Waals surface area contributed by atoms with E-state index in [-0.39, 0.29) is 6.10 Å². The minimum absolute atomic E-state index is 0.193. The number of nitrogens with zero attached hydrogens (tertiary/aromatic N) is 7. The standard InChI is InChI=1S/C20H25N7O2/c1-25(2)10-16-8-18(28-3)11-26(16)19-9-20(23-13-22-19)29-17-6-4-5-15(7-17)27-14-21-12-24-27/h4-7,9,12-14,16,18H,8,10-11H2,1-3H3/t16-,18-/m0/s1. The van der Waals surface area contributed by atoms with Gasteiger partial charge in [-0.2, -0.15) is 5.10 Å². The fourth-order valence-electron chi connectivity index (χ4n) is 3.61. The average molecular weight is 395 g/mol. The monoisotopic (exact) mass is 395 g/mol. The van der Waals surface area contributed by atoms with E-state index in [1.54, 1.807) is 24.4 Å². The van der Waals surface area contributed by atoms with E-state index in [2.05, 4.69) is 43.9 Å². The highest BCUT2D eigenvalue weighted by Crippen LogP contribution is 2.29. The van der Waals surface area contributed by atoms with Crippen LogP contribution in [0.2, 0.25) is 0 Å². The van der Waals surface area contributed by atoms with Gasteiger partial charge >= 0.3 is 0 Å². The first kappa shape index (κ1) is 19.3. The van der Waals surface area contributed by atoms with Crippen LogP contribution in [-0.4, -0.2) is 76.1 Å². The van der Waals surface area contributed by atoms with Gasteiger partial charge in [0.05, 0.1) is 11.8 Å². The number of hydrogen-bond donors (Lipinski definition) is 0. The van der Waals surface area contributed by atoms with Crippen LogP contribution in [0.1, 0.15) is 6.42 Å². The van der Waals surface area contributed by atoms with E-state index in [1.807, 2.05) is 30.3 Å². The summed E-state index contributed by atoms with van der Waals surface area (Å²) in [5.41, 5.74) is 0.864. The van der Waals surface area contributed by atoms with Crippen molar-refractivity contribution in [1.29, 1.82) is 0 Å². The van der Waals surface area contributed by atoms with Crippen molar-refractivity contribution in [3.05, 3.63) is 49.3 Å². The molecule has 1 aliphatic rings. The molecule has 0 amide bonds. The summed E-state index contributed by atoms with van der Waals surface area (Å²) in [6, 6.07) is 9.83. The maximum atomic E-state index is 6.01. The van der Waals surface area contributed by atoms with Gasteiger partial charge in [0.1, 0.15) is 30.5 Å².